The van der Waals surface area contributed by atoms with Crippen LogP contribution in [0.5, 0.6) is 17.2 Å². The van der Waals surface area contributed by atoms with Crippen molar-refractivity contribution in [2.45, 2.75) is 25.0 Å². The topological polar surface area (TPSA) is 63.2 Å². The van der Waals surface area contributed by atoms with Gasteiger partial charge in [0.25, 0.3) is 0 Å². The molecule has 1 fully saturated rings. The van der Waals surface area contributed by atoms with Gasteiger partial charge >= 0.3 is 0 Å². The molecule has 2 aliphatic heterocycles. The van der Waals surface area contributed by atoms with E-state index in [4.69, 9.17) is 23.7 Å². The van der Waals surface area contributed by atoms with Crippen molar-refractivity contribution in [3.05, 3.63) is 53.8 Å². The van der Waals surface area contributed by atoms with Crippen molar-refractivity contribution < 1.29 is 28.5 Å². The smallest absolute Gasteiger partial charge is 0.231 e. The van der Waals surface area contributed by atoms with Gasteiger partial charge in [0.15, 0.2) is 17.3 Å². The zero-order valence-corrected chi connectivity index (χ0v) is 15.6. The molecule has 0 radical (unpaired) electrons. The third-order valence-electron chi connectivity index (χ3n) is 5.45. The van der Waals surface area contributed by atoms with Crippen molar-refractivity contribution in [2.75, 3.05) is 21.0 Å². The van der Waals surface area contributed by atoms with Gasteiger partial charge in [-0.3, -0.25) is 4.79 Å². The molecule has 4 rings (SSSR count). The summed E-state index contributed by atoms with van der Waals surface area (Å²) in [7, 11) is 3.22. The van der Waals surface area contributed by atoms with E-state index in [9.17, 15) is 4.79 Å². The fourth-order valence-electron chi connectivity index (χ4n) is 4.00. The largest absolute Gasteiger partial charge is 0.493 e. The summed E-state index contributed by atoms with van der Waals surface area (Å²) in [6, 6.07) is 3.77. The van der Waals surface area contributed by atoms with Crippen LogP contribution in [0.1, 0.15) is 25.0 Å². The number of ketones is 1. The molecule has 27 heavy (non-hydrogen) atoms. The molecule has 3 atom stereocenters. The maximum Gasteiger partial charge on any atom is 0.231 e. The number of carbonyl (C=O) groups is 1. The maximum atomic E-state index is 12.4. The van der Waals surface area contributed by atoms with Crippen molar-refractivity contribution in [3.8, 4) is 17.2 Å². The number of allylic oxidation sites excluding steroid dienone is 3. The summed E-state index contributed by atoms with van der Waals surface area (Å²) in [6.45, 7) is 5.94. The number of methoxy groups -OCH3 is 2. The van der Waals surface area contributed by atoms with Gasteiger partial charge in [0.1, 0.15) is 17.5 Å². The molecular weight excluding hydrogens is 348 g/mol. The van der Waals surface area contributed by atoms with Gasteiger partial charge in [-0.15, -0.1) is 6.58 Å². The summed E-state index contributed by atoms with van der Waals surface area (Å²) >= 11 is 0. The second-order valence-electron chi connectivity index (χ2n) is 6.82. The van der Waals surface area contributed by atoms with Crippen LogP contribution >= 0.6 is 0 Å². The minimum Gasteiger partial charge on any atom is -0.493 e. The molecule has 2 heterocycles. The Bertz CT molecular complexity index is 868. The number of rotatable bonds is 5. The first-order valence-corrected chi connectivity index (χ1v) is 8.82. The van der Waals surface area contributed by atoms with Crippen molar-refractivity contribution in [1.82, 2.24) is 0 Å². The second-order valence-corrected chi connectivity index (χ2v) is 6.82. The van der Waals surface area contributed by atoms with E-state index in [-0.39, 0.29) is 24.6 Å². The van der Waals surface area contributed by atoms with E-state index in [2.05, 4.69) is 6.58 Å². The molecule has 6 nitrogen and oxygen atoms in total. The highest BCUT2D eigenvalue weighted by atomic mass is 16.7. The Morgan fingerprint density at radius 1 is 1.33 bits per heavy atom. The number of ether oxygens (including phenoxy) is 5. The lowest BCUT2D eigenvalue weighted by Gasteiger charge is -2.31. The van der Waals surface area contributed by atoms with Gasteiger partial charge in [-0.05, 0) is 24.6 Å². The Hall–Kier alpha value is -2.73. The fraction of sp³-hybridized carbons (Fsp3) is 0.381. The number of fused-ring (bicyclic) bond motifs is 2. The zero-order valence-electron chi connectivity index (χ0n) is 15.6. The molecule has 1 aliphatic carbocycles. The summed E-state index contributed by atoms with van der Waals surface area (Å²) in [5, 5.41) is 0. The van der Waals surface area contributed by atoms with Gasteiger partial charge in [-0.1, -0.05) is 13.0 Å². The third-order valence-corrected chi connectivity index (χ3v) is 5.45. The summed E-state index contributed by atoms with van der Waals surface area (Å²) in [4.78, 5) is 12.4. The molecule has 142 valence electrons. The second kappa shape index (κ2) is 6.46. The van der Waals surface area contributed by atoms with E-state index < -0.39 is 5.60 Å². The summed E-state index contributed by atoms with van der Waals surface area (Å²) in [5.74, 6) is 2.17. The molecule has 1 aromatic carbocycles. The van der Waals surface area contributed by atoms with Gasteiger partial charge in [0.05, 0.1) is 7.11 Å². The molecule has 0 saturated carbocycles. The quantitative estimate of drug-likeness (QED) is 0.740. The van der Waals surface area contributed by atoms with E-state index in [0.717, 1.165) is 5.56 Å². The first-order valence-electron chi connectivity index (χ1n) is 8.82. The number of hydrogen-bond acceptors (Lipinski definition) is 6. The van der Waals surface area contributed by atoms with Crippen LogP contribution in [-0.4, -0.2) is 32.4 Å². The molecule has 0 N–H and O–H groups in total. The lowest BCUT2D eigenvalue weighted by atomic mass is 9.78. The molecule has 0 aromatic heterocycles. The van der Waals surface area contributed by atoms with Gasteiger partial charge in [-0.2, -0.15) is 0 Å². The minimum absolute atomic E-state index is 0.0753. The maximum absolute atomic E-state index is 12.4. The highest BCUT2D eigenvalue weighted by molar-refractivity contribution is 6.06. The zero-order chi connectivity index (χ0) is 19.2. The van der Waals surface area contributed by atoms with Gasteiger partial charge in [-0.25, -0.2) is 0 Å². The number of hydrogen-bond donors (Lipinski definition) is 0. The van der Waals surface area contributed by atoms with E-state index in [0.29, 0.717) is 35.0 Å². The molecule has 3 aliphatic rings. The Labute approximate surface area is 158 Å². The van der Waals surface area contributed by atoms with E-state index >= 15 is 0 Å². The van der Waals surface area contributed by atoms with E-state index in [1.54, 1.807) is 20.3 Å². The molecule has 1 aromatic rings. The Kier molecular flexibility index (Phi) is 4.23. The molecule has 0 amide bonds. The van der Waals surface area contributed by atoms with Gasteiger partial charge in [0, 0.05) is 30.2 Å². The minimum atomic E-state index is -0.791. The van der Waals surface area contributed by atoms with Crippen LogP contribution in [0.15, 0.2) is 48.3 Å². The predicted molar refractivity (Wildman–Crippen MR) is 97.8 cm³/mol. The summed E-state index contributed by atoms with van der Waals surface area (Å²) in [5.41, 5.74) is 0.747. The lowest BCUT2D eigenvalue weighted by Crippen LogP contribution is -2.38. The molecule has 1 saturated heterocycles. The first-order chi connectivity index (χ1) is 13.0. The van der Waals surface area contributed by atoms with Crippen molar-refractivity contribution >= 4 is 5.78 Å². The average molecular weight is 370 g/mol. The Morgan fingerprint density at radius 2 is 2.15 bits per heavy atom. The normalized spacial score (nSPS) is 28.2. The Morgan fingerprint density at radius 3 is 2.85 bits per heavy atom. The van der Waals surface area contributed by atoms with Crippen molar-refractivity contribution in [2.24, 2.45) is 5.92 Å². The first kappa shape index (κ1) is 17.7. The third kappa shape index (κ3) is 2.55. The van der Waals surface area contributed by atoms with Crippen LogP contribution in [-0.2, 0) is 14.3 Å². The number of benzene rings is 1. The lowest BCUT2D eigenvalue weighted by molar-refractivity contribution is -0.112. The molecule has 0 spiro atoms. The highest BCUT2D eigenvalue weighted by Gasteiger charge is 2.54. The standard InChI is InChI=1S/C21H22O6/c1-5-6-13-10-21(24-4)12(2)19(27-18(21)9-15(13)22)14-7-16(23-3)20-17(8-14)25-11-26-20/h5,7-10,12,19H,1,6,11H2,2-4H3/t12-,19+,21+/m1/s1. The van der Waals surface area contributed by atoms with Crippen LogP contribution in [0.2, 0.25) is 0 Å². The Balaban J connectivity index is 1.77. The van der Waals surface area contributed by atoms with Gasteiger partial charge in [0.2, 0.25) is 12.5 Å². The van der Waals surface area contributed by atoms with E-state index in [1.165, 1.54) is 6.08 Å². The fourth-order valence-corrected chi connectivity index (χ4v) is 4.00. The van der Waals surface area contributed by atoms with Crippen LogP contribution in [0, 0.1) is 5.92 Å². The molecular formula is C21H22O6. The van der Waals surface area contributed by atoms with Crippen LogP contribution in [0.4, 0.5) is 0 Å². The summed E-state index contributed by atoms with van der Waals surface area (Å²) < 4.78 is 28.5. The molecule has 0 bridgehead atoms. The van der Waals surface area contributed by atoms with Crippen molar-refractivity contribution in [3.63, 3.8) is 0 Å². The van der Waals surface area contributed by atoms with Crippen molar-refractivity contribution in [1.29, 1.82) is 0 Å². The molecule has 0 unspecified atom stereocenters. The molecule has 6 heteroatoms. The van der Waals surface area contributed by atoms with Crippen LogP contribution in [0.3, 0.4) is 0 Å². The number of carbonyl (C=O) groups excluding carboxylic acids is 1. The average Bonchev–Trinajstić information content (AvgIpc) is 3.25. The van der Waals surface area contributed by atoms with Crippen LogP contribution in [0.25, 0.3) is 0 Å². The summed E-state index contributed by atoms with van der Waals surface area (Å²) in [6.07, 6.45) is 5.28. The monoisotopic (exact) mass is 370 g/mol. The predicted octanol–water partition coefficient (Wildman–Crippen LogP) is 3.49. The van der Waals surface area contributed by atoms with Gasteiger partial charge < -0.3 is 23.7 Å². The SMILES string of the molecule is C=CCC1=C[C@@]2(OC)C(=CC1=O)O[C@H](c1cc(OC)c3c(c1)OCO3)[C@H]2C. The van der Waals surface area contributed by atoms with Crippen LogP contribution < -0.4 is 14.2 Å². The van der Waals surface area contributed by atoms with E-state index in [1.807, 2.05) is 25.1 Å². The highest BCUT2D eigenvalue weighted by Crippen LogP contribution is 2.54.